The Balaban J connectivity index is 1.78. The van der Waals surface area contributed by atoms with Crippen LogP contribution in [-0.2, 0) is 22.6 Å². The Kier molecular flexibility index (Phi) is 4.12. The predicted molar refractivity (Wildman–Crippen MR) is 73.0 cm³/mol. The summed E-state index contributed by atoms with van der Waals surface area (Å²) in [5.41, 5.74) is 5.08. The summed E-state index contributed by atoms with van der Waals surface area (Å²) in [4.78, 5) is 26.5. The Morgan fingerprint density at radius 1 is 1.57 bits per heavy atom. The molecule has 1 saturated heterocycles. The molecular formula is C12H20N6O3. The monoisotopic (exact) mass is 296 g/mol. The van der Waals surface area contributed by atoms with E-state index < -0.39 is 17.7 Å². The minimum Gasteiger partial charge on any atom is -0.444 e. The molecule has 0 aliphatic carbocycles. The Hall–Kier alpha value is -2.16. The molecule has 0 spiro atoms. The van der Waals surface area contributed by atoms with Crippen molar-refractivity contribution in [3.63, 3.8) is 0 Å². The summed E-state index contributed by atoms with van der Waals surface area (Å²) < 4.78 is 6.69. The maximum absolute atomic E-state index is 11.5. The Morgan fingerprint density at radius 3 is 2.86 bits per heavy atom. The molecule has 1 fully saturated rings. The number of nitrogens with two attached hydrogens (primary N) is 1. The topological polar surface area (TPSA) is 124 Å². The van der Waals surface area contributed by atoms with Gasteiger partial charge in [-0.3, -0.25) is 9.48 Å². The van der Waals surface area contributed by atoms with Crippen LogP contribution in [0.3, 0.4) is 0 Å². The first-order valence-corrected chi connectivity index (χ1v) is 6.66. The number of β-lactam (4-membered cyclic amide) rings is 1. The van der Waals surface area contributed by atoms with Crippen molar-refractivity contribution >= 4 is 12.0 Å². The lowest BCUT2D eigenvalue weighted by molar-refractivity contribution is -0.130. The van der Waals surface area contributed by atoms with Gasteiger partial charge >= 0.3 is 6.09 Å². The molecule has 0 bridgehead atoms. The minimum atomic E-state index is -0.546. The van der Waals surface area contributed by atoms with Gasteiger partial charge in [0.1, 0.15) is 18.0 Å². The Morgan fingerprint density at radius 2 is 2.29 bits per heavy atom. The molecular weight excluding hydrogens is 276 g/mol. The van der Waals surface area contributed by atoms with Gasteiger partial charge < -0.3 is 21.1 Å². The number of amides is 2. The van der Waals surface area contributed by atoms with Gasteiger partial charge in [0.2, 0.25) is 5.91 Å². The van der Waals surface area contributed by atoms with Gasteiger partial charge in [-0.2, -0.15) is 5.10 Å². The van der Waals surface area contributed by atoms with Gasteiger partial charge in [0.05, 0.1) is 19.1 Å². The van der Waals surface area contributed by atoms with Crippen molar-refractivity contribution in [1.82, 2.24) is 25.4 Å². The van der Waals surface area contributed by atoms with E-state index in [2.05, 4.69) is 20.7 Å². The molecule has 21 heavy (non-hydrogen) atoms. The summed E-state index contributed by atoms with van der Waals surface area (Å²) in [6, 6.07) is -0.636. The molecule has 2 amide bonds. The number of hydrogen-bond donors (Lipinski definition) is 3. The fraction of sp³-hybridized carbons (Fsp3) is 0.667. The van der Waals surface area contributed by atoms with Crippen molar-refractivity contribution < 1.29 is 14.3 Å². The van der Waals surface area contributed by atoms with Gasteiger partial charge in [0, 0.05) is 0 Å². The maximum Gasteiger partial charge on any atom is 0.408 e. The van der Waals surface area contributed by atoms with Crippen LogP contribution in [0.1, 0.15) is 26.6 Å². The molecule has 1 aromatic rings. The number of rotatable bonds is 4. The quantitative estimate of drug-likeness (QED) is 0.620. The first kappa shape index (κ1) is 15.2. The molecule has 0 unspecified atom stereocenters. The highest BCUT2D eigenvalue weighted by Gasteiger charge is 2.36. The first-order valence-electron chi connectivity index (χ1n) is 6.66. The largest absolute Gasteiger partial charge is 0.444 e. The summed E-state index contributed by atoms with van der Waals surface area (Å²) >= 11 is 0. The average Bonchev–Trinajstić information content (AvgIpc) is 2.81. The van der Waals surface area contributed by atoms with Gasteiger partial charge in [-0.1, -0.05) is 0 Å². The maximum atomic E-state index is 11.5. The van der Waals surface area contributed by atoms with Crippen LogP contribution in [0.2, 0.25) is 0 Å². The van der Waals surface area contributed by atoms with E-state index in [1.165, 1.54) is 6.33 Å². The number of aromatic nitrogens is 3. The van der Waals surface area contributed by atoms with E-state index in [1.54, 1.807) is 25.5 Å². The molecule has 1 aromatic heterocycles. The third kappa shape index (κ3) is 4.15. The van der Waals surface area contributed by atoms with Crippen LogP contribution in [0.25, 0.3) is 0 Å². The summed E-state index contributed by atoms with van der Waals surface area (Å²) in [6.07, 6.45) is 1.01. The van der Waals surface area contributed by atoms with Gasteiger partial charge in [0.15, 0.2) is 5.82 Å². The van der Waals surface area contributed by atoms with E-state index in [9.17, 15) is 9.59 Å². The lowest BCUT2D eigenvalue weighted by Crippen LogP contribution is -2.67. The van der Waals surface area contributed by atoms with Crippen molar-refractivity contribution in [2.75, 3.05) is 0 Å². The van der Waals surface area contributed by atoms with Crippen molar-refractivity contribution in [2.45, 2.75) is 51.5 Å². The predicted octanol–water partition coefficient (Wildman–Crippen LogP) is -0.871. The zero-order valence-electron chi connectivity index (χ0n) is 12.3. The molecule has 9 heteroatoms. The average molecular weight is 296 g/mol. The van der Waals surface area contributed by atoms with Crippen molar-refractivity contribution in [2.24, 2.45) is 5.73 Å². The van der Waals surface area contributed by atoms with E-state index in [4.69, 9.17) is 10.5 Å². The standard InChI is InChI=1S/C12H20N6O3/c1-12(2,3)21-11(20)14-4-8-15-6-18(17-8)5-7-9(13)10(19)16-7/h6-7,9H,4-5,13H2,1-3H3,(H,14,20)(H,16,19)/t7-,9+/m1/s1. The fourth-order valence-electron chi connectivity index (χ4n) is 1.78. The lowest BCUT2D eigenvalue weighted by atomic mass is 10.0. The number of ether oxygens (including phenoxy) is 1. The molecule has 1 aliphatic rings. The van der Waals surface area contributed by atoms with Crippen molar-refractivity contribution in [3.05, 3.63) is 12.2 Å². The van der Waals surface area contributed by atoms with Crippen LogP contribution in [0, 0.1) is 0 Å². The van der Waals surface area contributed by atoms with Crippen LogP contribution < -0.4 is 16.4 Å². The second-order valence-electron chi connectivity index (χ2n) is 5.88. The molecule has 9 nitrogen and oxygen atoms in total. The number of nitrogens with zero attached hydrogens (tertiary/aromatic N) is 3. The third-order valence-electron chi connectivity index (χ3n) is 2.82. The van der Waals surface area contributed by atoms with Crippen LogP contribution >= 0.6 is 0 Å². The first-order chi connectivity index (χ1) is 9.74. The number of alkyl carbamates (subject to hydrolysis) is 1. The second-order valence-corrected chi connectivity index (χ2v) is 5.88. The highest BCUT2D eigenvalue weighted by Crippen LogP contribution is 2.07. The normalized spacial score (nSPS) is 21.4. The summed E-state index contributed by atoms with van der Waals surface area (Å²) in [7, 11) is 0. The molecule has 0 aromatic carbocycles. The van der Waals surface area contributed by atoms with Crippen molar-refractivity contribution in [1.29, 1.82) is 0 Å². The van der Waals surface area contributed by atoms with Crippen LogP contribution in [0.15, 0.2) is 6.33 Å². The van der Waals surface area contributed by atoms with Gasteiger partial charge in [-0.05, 0) is 20.8 Å². The summed E-state index contributed by atoms with van der Waals surface area (Å²) in [5.74, 6) is 0.298. The molecule has 1 aliphatic heterocycles. The molecule has 2 heterocycles. The van der Waals surface area contributed by atoms with Crippen LogP contribution in [-0.4, -0.2) is 44.4 Å². The zero-order chi connectivity index (χ0) is 15.6. The van der Waals surface area contributed by atoms with Gasteiger partial charge in [-0.25, -0.2) is 9.78 Å². The van der Waals surface area contributed by atoms with Crippen molar-refractivity contribution in [3.8, 4) is 0 Å². The second kappa shape index (κ2) is 5.68. The molecule has 4 N–H and O–H groups in total. The van der Waals surface area contributed by atoms with E-state index in [1.807, 2.05) is 0 Å². The van der Waals surface area contributed by atoms with E-state index in [-0.39, 0.29) is 18.5 Å². The summed E-state index contributed by atoms with van der Waals surface area (Å²) in [6.45, 7) is 5.98. The number of hydrogen-bond acceptors (Lipinski definition) is 6. The lowest BCUT2D eigenvalue weighted by Gasteiger charge is -2.33. The van der Waals surface area contributed by atoms with Crippen LogP contribution in [0.4, 0.5) is 4.79 Å². The number of carbonyl (C=O) groups is 2. The molecule has 2 rings (SSSR count). The Labute approximate surface area is 122 Å². The summed E-state index contributed by atoms with van der Waals surface area (Å²) in [5, 5.41) is 9.44. The fourth-order valence-corrected chi connectivity index (χ4v) is 1.78. The van der Waals surface area contributed by atoms with Gasteiger partial charge in [-0.15, -0.1) is 0 Å². The number of nitrogens with one attached hydrogen (secondary N) is 2. The molecule has 116 valence electrons. The third-order valence-corrected chi connectivity index (χ3v) is 2.82. The highest BCUT2D eigenvalue weighted by molar-refractivity contribution is 5.88. The highest BCUT2D eigenvalue weighted by atomic mass is 16.6. The SMILES string of the molecule is CC(C)(C)OC(=O)NCc1ncn(C[C@H]2NC(=O)[C@H]2N)n1. The van der Waals surface area contributed by atoms with Gasteiger partial charge in [0.25, 0.3) is 0 Å². The zero-order valence-corrected chi connectivity index (χ0v) is 12.3. The van der Waals surface area contributed by atoms with E-state index in [0.29, 0.717) is 12.4 Å². The Bertz CT molecular complexity index is 535. The minimum absolute atomic E-state index is 0.133. The molecule has 0 radical (unpaired) electrons. The number of carbonyl (C=O) groups excluding carboxylic acids is 2. The molecule has 0 saturated carbocycles. The van der Waals surface area contributed by atoms with E-state index >= 15 is 0 Å². The van der Waals surface area contributed by atoms with Crippen LogP contribution in [0.5, 0.6) is 0 Å². The van der Waals surface area contributed by atoms with E-state index in [0.717, 1.165) is 0 Å². The molecule has 2 atom stereocenters. The smallest absolute Gasteiger partial charge is 0.408 e.